The molecule has 0 saturated carbocycles. The van der Waals surface area contributed by atoms with E-state index >= 15 is 0 Å². The fraction of sp³-hybridized carbons (Fsp3) is 0.600. The Balaban J connectivity index is 3.25. The lowest BCUT2D eigenvalue weighted by molar-refractivity contribution is 0.270. The molecule has 0 aliphatic rings. The molecule has 1 unspecified atom stereocenters. The van der Waals surface area contributed by atoms with Gasteiger partial charge < -0.3 is 9.05 Å². The lowest BCUT2D eigenvalue weighted by atomic mass is 10.5. The average molecular weight is 168 g/mol. The van der Waals surface area contributed by atoms with Crippen LogP contribution < -0.4 is 0 Å². The third-order valence-electron chi connectivity index (χ3n) is 0.640. The van der Waals surface area contributed by atoms with Crippen LogP contribution >= 0.6 is 8.25 Å². The molecule has 0 N–H and O–H groups in total. The van der Waals surface area contributed by atoms with Crippen LogP contribution in [-0.4, -0.2) is 6.61 Å². The summed E-state index contributed by atoms with van der Waals surface area (Å²) in [5, 5.41) is 0. The molecule has 60 valence electrons. The van der Waals surface area contributed by atoms with E-state index in [2.05, 4.69) is 9.05 Å². The maximum atomic E-state index is 11.2. The highest BCUT2D eigenvalue weighted by Crippen LogP contribution is 2.23. The Hall–Kier alpha value is -0.340. The van der Waals surface area contributed by atoms with Crippen molar-refractivity contribution in [2.75, 3.05) is 6.61 Å². The first-order valence-electron chi connectivity index (χ1n) is 2.90. The van der Waals surface area contributed by atoms with Gasteiger partial charge in [-0.25, -0.2) is 8.96 Å². The van der Waals surface area contributed by atoms with E-state index in [9.17, 15) is 8.96 Å². The topological polar surface area (TPSA) is 35.5 Å². The van der Waals surface area contributed by atoms with Crippen molar-refractivity contribution in [3.63, 3.8) is 0 Å². The van der Waals surface area contributed by atoms with Crippen molar-refractivity contribution in [2.24, 2.45) is 0 Å². The maximum absolute atomic E-state index is 11.2. The van der Waals surface area contributed by atoms with E-state index in [1.807, 2.05) is 6.92 Å². The van der Waals surface area contributed by atoms with E-state index in [-0.39, 0.29) is 6.33 Å². The molecular formula is C5H10FO3P. The zero-order chi connectivity index (χ0) is 7.82. The van der Waals surface area contributed by atoms with Gasteiger partial charge in [0.15, 0.2) is 0 Å². The molecular weight excluding hydrogens is 158 g/mol. The zero-order valence-electron chi connectivity index (χ0n) is 5.67. The van der Waals surface area contributed by atoms with Gasteiger partial charge in [-0.3, -0.25) is 0 Å². The summed E-state index contributed by atoms with van der Waals surface area (Å²) in [6.45, 7) is 2.25. The van der Waals surface area contributed by atoms with E-state index < -0.39 is 8.25 Å². The Morgan fingerprint density at radius 1 is 1.70 bits per heavy atom. The van der Waals surface area contributed by atoms with E-state index in [4.69, 9.17) is 0 Å². The second-order valence-corrected chi connectivity index (χ2v) is 2.50. The zero-order valence-corrected chi connectivity index (χ0v) is 6.67. The number of rotatable bonds is 5. The maximum Gasteiger partial charge on any atom is 0.367 e. The Kier molecular flexibility index (Phi) is 6.55. The van der Waals surface area contributed by atoms with Crippen LogP contribution in [0.4, 0.5) is 4.39 Å². The van der Waals surface area contributed by atoms with Crippen LogP contribution in [0.5, 0.6) is 0 Å². The number of hydrogen-bond donors (Lipinski definition) is 0. The molecule has 0 spiro atoms. The molecule has 0 aromatic heterocycles. The first-order chi connectivity index (χ1) is 4.81. The molecule has 0 aliphatic heterocycles. The summed E-state index contributed by atoms with van der Waals surface area (Å²) in [5.74, 6) is 0. The van der Waals surface area contributed by atoms with Crippen LogP contribution in [0.1, 0.15) is 13.3 Å². The molecule has 0 aromatic rings. The highest BCUT2D eigenvalue weighted by atomic mass is 31.1. The van der Waals surface area contributed by atoms with Crippen LogP contribution in [0.25, 0.3) is 0 Å². The average Bonchev–Trinajstić information content (AvgIpc) is 1.97. The van der Waals surface area contributed by atoms with Gasteiger partial charge in [-0.1, -0.05) is 6.92 Å². The van der Waals surface area contributed by atoms with Gasteiger partial charge in [0.1, 0.15) is 12.6 Å². The Morgan fingerprint density at radius 2 is 2.40 bits per heavy atom. The first kappa shape index (κ1) is 9.66. The predicted molar refractivity (Wildman–Crippen MR) is 36.6 cm³/mol. The van der Waals surface area contributed by atoms with Gasteiger partial charge in [0.2, 0.25) is 0 Å². The third kappa shape index (κ3) is 5.79. The second kappa shape index (κ2) is 6.78. The van der Waals surface area contributed by atoms with Crippen molar-refractivity contribution in [1.82, 2.24) is 0 Å². The van der Waals surface area contributed by atoms with Crippen molar-refractivity contribution >= 4 is 8.25 Å². The fourth-order valence-electron chi connectivity index (χ4n) is 0.301. The summed E-state index contributed by atoms with van der Waals surface area (Å²) >= 11 is 0. The summed E-state index contributed by atoms with van der Waals surface area (Å²) in [7, 11) is -2.49. The van der Waals surface area contributed by atoms with Crippen molar-refractivity contribution < 1.29 is 18.0 Å². The van der Waals surface area contributed by atoms with Gasteiger partial charge in [-0.15, -0.1) is 0 Å². The molecule has 0 heterocycles. The lowest BCUT2D eigenvalue weighted by Crippen LogP contribution is -1.82. The van der Waals surface area contributed by atoms with E-state index in [0.29, 0.717) is 12.9 Å². The summed E-state index contributed by atoms with van der Waals surface area (Å²) < 4.78 is 30.5. The quantitative estimate of drug-likeness (QED) is 0.466. The highest BCUT2D eigenvalue weighted by Gasteiger charge is 1.93. The Morgan fingerprint density at radius 3 is 2.90 bits per heavy atom. The van der Waals surface area contributed by atoms with Crippen LogP contribution in [0.2, 0.25) is 0 Å². The minimum Gasteiger partial charge on any atom is -0.432 e. The normalized spacial score (nSPS) is 13.8. The van der Waals surface area contributed by atoms with Crippen molar-refractivity contribution in [3.05, 3.63) is 12.6 Å². The Labute approximate surface area is 59.8 Å². The third-order valence-corrected chi connectivity index (χ3v) is 1.41. The summed E-state index contributed by atoms with van der Waals surface area (Å²) in [4.78, 5) is 0. The summed E-state index contributed by atoms with van der Waals surface area (Å²) in [6, 6.07) is 0. The minimum absolute atomic E-state index is 0.165. The summed E-state index contributed by atoms with van der Waals surface area (Å²) in [5.41, 5.74) is 0. The fourth-order valence-corrected chi connectivity index (χ4v) is 0.902. The largest absolute Gasteiger partial charge is 0.432 e. The molecule has 0 aromatic carbocycles. The molecule has 0 radical (unpaired) electrons. The molecule has 10 heavy (non-hydrogen) atoms. The molecule has 0 amide bonds. The van der Waals surface area contributed by atoms with E-state index in [1.54, 1.807) is 0 Å². The van der Waals surface area contributed by atoms with Gasteiger partial charge in [0.25, 0.3) is 0 Å². The molecule has 3 nitrogen and oxygen atoms in total. The van der Waals surface area contributed by atoms with Crippen LogP contribution in [0.3, 0.4) is 0 Å². The van der Waals surface area contributed by atoms with Crippen molar-refractivity contribution in [1.29, 1.82) is 0 Å². The molecule has 0 aliphatic carbocycles. The molecule has 5 heteroatoms. The molecule has 0 bridgehead atoms. The molecule has 1 atom stereocenters. The van der Waals surface area contributed by atoms with Gasteiger partial charge in [0.05, 0.1) is 6.61 Å². The van der Waals surface area contributed by atoms with Crippen molar-refractivity contribution in [3.8, 4) is 0 Å². The van der Waals surface area contributed by atoms with Crippen LogP contribution in [0.15, 0.2) is 12.6 Å². The second-order valence-electron chi connectivity index (χ2n) is 1.48. The monoisotopic (exact) mass is 168 g/mol. The predicted octanol–water partition coefficient (Wildman–Crippen LogP) is 2.26. The minimum atomic E-state index is -2.49. The molecule has 0 fully saturated rings. The van der Waals surface area contributed by atoms with Gasteiger partial charge in [-0.2, -0.15) is 0 Å². The first-order valence-corrected chi connectivity index (χ1v) is 4.12. The van der Waals surface area contributed by atoms with Gasteiger partial charge in [0, 0.05) is 0 Å². The lowest BCUT2D eigenvalue weighted by Gasteiger charge is -1.99. The standard InChI is InChI=1S/C5H10FO3P/c1-2-4-8-10(7)9-5-3-6/h3,5,10H,2,4H2,1H3. The molecule has 0 rings (SSSR count). The van der Waals surface area contributed by atoms with Crippen molar-refractivity contribution in [2.45, 2.75) is 13.3 Å². The molecule has 0 saturated heterocycles. The smallest absolute Gasteiger partial charge is 0.367 e. The number of halogens is 1. The highest BCUT2D eigenvalue weighted by molar-refractivity contribution is 7.33. The van der Waals surface area contributed by atoms with Gasteiger partial charge in [-0.05, 0) is 6.42 Å². The Bertz CT molecular complexity index is 126. The summed E-state index contributed by atoms with van der Waals surface area (Å²) in [6.07, 6.45) is 1.63. The van der Waals surface area contributed by atoms with Gasteiger partial charge >= 0.3 is 8.25 Å². The van der Waals surface area contributed by atoms with Crippen LogP contribution in [-0.2, 0) is 13.6 Å². The SMILES string of the molecule is CCCO[PH](=O)OC=CF. The van der Waals surface area contributed by atoms with Crippen LogP contribution in [0, 0.1) is 0 Å². The number of hydrogen-bond acceptors (Lipinski definition) is 3. The van der Waals surface area contributed by atoms with E-state index in [0.717, 1.165) is 6.42 Å². The van der Waals surface area contributed by atoms with E-state index in [1.165, 1.54) is 0 Å².